The van der Waals surface area contributed by atoms with Crippen molar-refractivity contribution in [2.75, 3.05) is 0 Å². The van der Waals surface area contributed by atoms with Crippen molar-refractivity contribution in [2.45, 2.75) is 31.3 Å². The normalized spacial score (nSPS) is 18.6. The van der Waals surface area contributed by atoms with Crippen molar-refractivity contribution in [3.05, 3.63) is 35.4 Å². The van der Waals surface area contributed by atoms with Crippen molar-refractivity contribution in [2.24, 2.45) is 0 Å². The first kappa shape index (κ1) is 9.59. The summed E-state index contributed by atoms with van der Waals surface area (Å²) in [6.07, 6.45) is -0.642. The number of hydrogen-bond donors (Lipinski definition) is 1. The number of halogens is 2. The summed E-state index contributed by atoms with van der Waals surface area (Å²) < 4.78 is 25.1. The van der Waals surface area contributed by atoms with Gasteiger partial charge in [-0.1, -0.05) is 24.3 Å². The number of alkyl halides is 2. The van der Waals surface area contributed by atoms with Gasteiger partial charge >= 0.3 is 0 Å². The van der Waals surface area contributed by atoms with Crippen LogP contribution in [0.25, 0.3) is 0 Å². The molecule has 1 nitrogen and oxygen atoms in total. The fourth-order valence-electron chi connectivity index (χ4n) is 1.58. The lowest BCUT2D eigenvalue weighted by molar-refractivity contribution is 0.138. The van der Waals surface area contributed by atoms with Crippen LogP contribution in [0.15, 0.2) is 24.3 Å². The second kappa shape index (κ2) is 3.31. The zero-order valence-electron chi connectivity index (χ0n) is 7.71. The lowest BCUT2D eigenvalue weighted by Crippen LogP contribution is -2.12. The summed E-state index contributed by atoms with van der Waals surface area (Å²) in [6.45, 7) is 0. The van der Waals surface area contributed by atoms with Crippen LogP contribution in [0.1, 0.15) is 30.4 Å². The summed E-state index contributed by atoms with van der Waals surface area (Å²) in [6, 6.07) is 6.42. The molecule has 1 fully saturated rings. The first-order valence-corrected chi connectivity index (χ1v) is 4.69. The van der Waals surface area contributed by atoms with Crippen molar-refractivity contribution in [1.82, 2.24) is 0 Å². The van der Waals surface area contributed by atoms with Crippen molar-refractivity contribution < 1.29 is 13.9 Å². The van der Waals surface area contributed by atoms with Gasteiger partial charge in [-0.2, -0.15) is 0 Å². The van der Waals surface area contributed by atoms with E-state index in [0.29, 0.717) is 12.0 Å². The van der Waals surface area contributed by atoms with Crippen LogP contribution in [0.4, 0.5) is 8.78 Å². The van der Waals surface area contributed by atoms with E-state index in [4.69, 9.17) is 0 Å². The van der Waals surface area contributed by atoms with Gasteiger partial charge < -0.3 is 5.11 Å². The molecule has 0 aromatic heterocycles. The molecule has 1 aliphatic rings. The smallest absolute Gasteiger partial charge is 0.264 e. The summed E-state index contributed by atoms with van der Waals surface area (Å²) in [4.78, 5) is 0. The summed E-state index contributed by atoms with van der Waals surface area (Å²) in [5.74, 6) is 0. The predicted octanol–water partition coefficient (Wildman–Crippen LogP) is 2.69. The van der Waals surface area contributed by atoms with Gasteiger partial charge in [0.15, 0.2) is 0 Å². The maximum atomic E-state index is 12.5. The molecule has 1 aromatic carbocycles. The number of aliphatic hydroxyl groups is 1. The molecular formula is C11H12F2O. The molecule has 1 N–H and O–H groups in total. The van der Waals surface area contributed by atoms with Crippen LogP contribution in [0.5, 0.6) is 0 Å². The van der Waals surface area contributed by atoms with E-state index in [9.17, 15) is 13.9 Å². The lowest BCUT2D eigenvalue weighted by atomic mass is 10.0. The van der Waals surface area contributed by atoms with Gasteiger partial charge in [0.2, 0.25) is 0 Å². The number of benzene rings is 1. The molecule has 1 aliphatic carbocycles. The number of hydrogen-bond acceptors (Lipinski definition) is 1. The van der Waals surface area contributed by atoms with Crippen LogP contribution < -0.4 is 0 Å². The molecule has 2 rings (SSSR count). The molecule has 3 heteroatoms. The van der Waals surface area contributed by atoms with Crippen molar-refractivity contribution in [3.8, 4) is 0 Å². The van der Waals surface area contributed by atoms with E-state index in [2.05, 4.69) is 0 Å². The Hall–Kier alpha value is -0.960. The Balaban J connectivity index is 2.23. The molecule has 14 heavy (non-hydrogen) atoms. The molecule has 0 aliphatic heterocycles. The van der Waals surface area contributed by atoms with E-state index in [1.165, 1.54) is 6.07 Å². The molecule has 0 amide bonds. The highest BCUT2D eigenvalue weighted by molar-refractivity contribution is 5.30. The molecule has 0 unspecified atom stereocenters. The maximum Gasteiger partial charge on any atom is 0.264 e. The van der Waals surface area contributed by atoms with E-state index >= 15 is 0 Å². The third-order valence-corrected chi connectivity index (χ3v) is 2.64. The van der Waals surface area contributed by atoms with E-state index in [1.54, 1.807) is 18.2 Å². The van der Waals surface area contributed by atoms with Gasteiger partial charge in [-0.3, -0.25) is 0 Å². The monoisotopic (exact) mass is 198 g/mol. The Morgan fingerprint density at radius 3 is 2.50 bits per heavy atom. The van der Waals surface area contributed by atoms with Gasteiger partial charge in [0.25, 0.3) is 6.43 Å². The molecule has 0 heterocycles. The summed E-state index contributed by atoms with van der Waals surface area (Å²) >= 11 is 0. The van der Waals surface area contributed by atoms with E-state index < -0.39 is 12.0 Å². The molecule has 0 bridgehead atoms. The van der Waals surface area contributed by atoms with Gasteiger partial charge in [-0.15, -0.1) is 0 Å². The van der Waals surface area contributed by atoms with Crippen molar-refractivity contribution >= 4 is 0 Å². The molecule has 0 spiro atoms. The van der Waals surface area contributed by atoms with Crippen LogP contribution >= 0.6 is 0 Å². The minimum Gasteiger partial charge on any atom is -0.390 e. The van der Waals surface area contributed by atoms with E-state index in [1.807, 2.05) is 0 Å². The molecule has 1 aromatic rings. The molecule has 76 valence electrons. The van der Waals surface area contributed by atoms with Crippen LogP contribution in [0.2, 0.25) is 0 Å². The summed E-state index contributed by atoms with van der Waals surface area (Å²) in [7, 11) is 0. The standard InChI is InChI=1S/C11H12F2O/c12-10(13)9-4-2-1-3-8(9)7-11(14)5-6-11/h1-4,10,14H,5-7H2. The zero-order valence-corrected chi connectivity index (χ0v) is 7.71. The van der Waals surface area contributed by atoms with Crippen molar-refractivity contribution in [3.63, 3.8) is 0 Å². The van der Waals surface area contributed by atoms with Crippen LogP contribution in [-0.2, 0) is 6.42 Å². The Morgan fingerprint density at radius 1 is 1.29 bits per heavy atom. The fourth-order valence-corrected chi connectivity index (χ4v) is 1.58. The Labute approximate surface area is 81.4 Å². The lowest BCUT2D eigenvalue weighted by Gasteiger charge is -2.11. The second-order valence-electron chi connectivity index (χ2n) is 3.90. The second-order valence-corrected chi connectivity index (χ2v) is 3.90. The summed E-state index contributed by atoms with van der Waals surface area (Å²) in [5, 5.41) is 9.64. The highest BCUT2D eigenvalue weighted by Gasteiger charge is 2.40. The predicted molar refractivity (Wildman–Crippen MR) is 49.3 cm³/mol. The average Bonchev–Trinajstić information content (AvgIpc) is 2.84. The maximum absolute atomic E-state index is 12.5. The minimum atomic E-state index is -2.45. The Morgan fingerprint density at radius 2 is 1.93 bits per heavy atom. The third-order valence-electron chi connectivity index (χ3n) is 2.64. The topological polar surface area (TPSA) is 20.2 Å². The molecular weight excluding hydrogens is 186 g/mol. The fraction of sp³-hybridized carbons (Fsp3) is 0.455. The third kappa shape index (κ3) is 1.93. The van der Waals surface area contributed by atoms with Gasteiger partial charge in [0.05, 0.1) is 5.60 Å². The Kier molecular flexibility index (Phi) is 2.27. The minimum absolute atomic E-state index is 0.0489. The van der Waals surface area contributed by atoms with Gasteiger partial charge in [0, 0.05) is 12.0 Å². The first-order chi connectivity index (χ1) is 6.61. The SMILES string of the molecule is OC1(Cc2ccccc2C(F)F)CC1. The van der Waals surface area contributed by atoms with E-state index in [0.717, 1.165) is 12.8 Å². The quantitative estimate of drug-likeness (QED) is 0.791. The molecule has 0 radical (unpaired) electrons. The Bertz CT molecular complexity index is 332. The van der Waals surface area contributed by atoms with E-state index in [-0.39, 0.29) is 5.56 Å². The van der Waals surface area contributed by atoms with Gasteiger partial charge in [-0.25, -0.2) is 8.78 Å². The van der Waals surface area contributed by atoms with Crippen LogP contribution in [-0.4, -0.2) is 10.7 Å². The highest BCUT2D eigenvalue weighted by atomic mass is 19.3. The summed E-state index contributed by atoms with van der Waals surface area (Å²) in [5.41, 5.74) is -0.0827. The van der Waals surface area contributed by atoms with Crippen molar-refractivity contribution in [1.29, 1.82) is 0 Å². The molecule has 0 atom stereocenters. The highest BCUT2D eigenvalue weighted by Crippen LogP contribution is 2.39. The van der Waals surface area contributed by atoms with Crippen LogP contribution in [0, 0.1) is 0 Å². The van der Waals surface area contributed by atoms with Gasteiger partial charge in [0.1, 0.15) is 0 Å². The molecule has 0 saturated heterocycles. The largest absolute Gasteiger partial charge is 0.390 e. The number of rotatable bonds is 3. The zero-order chi connectivity index (χ0) is 10.2. The van der Waals surface area contributed by atoms with Gasteiger partial charge in [-0.05, 0) is 18.4 Å². The first-order valence-electron chi connectivity index (χ1n) is 4.69. The average molecular weight is 198 g/mol. The molecule has 1 saturated carbocycles. The van der Waals surface area contributed by atoms with Crippen LogP contribution in [0.3, 0.4) is 0 Å².